The lowest BCUT2D eigenvalue weighted by Crippen LogP contribution is -2.17. The highest BCUT2D eigenvalue weighted by Crippen LogP contribution is 2.23. The minimum atomic E-state index is 0.696. The highest BCUT2D eigenvalue weighted by molar-refractivity contribution is 6.30. The predicted octanol–water partition coefficient (Wildman–Crippen LogP) is 3.59. The minimum Gasteiger partial charge on any atom is -0.381 e. The standard InChI is InChI=1S/C16H21ClN4/c1-12-15(16(17)20(2)19-12)11-18-13-5-7-14(8-6-13)21-9-3-4-10-21/h5-8,18H,3-4,9-11H2,1-2H3. The van der Waals surface area contributed by atoms with Gasteiger partial charge in [0.2, 0.25) is 0 Å². The summed E-state index contributed by atoms with van der Waals surface area (Å²) in [7, 11) is 1.86. The average molecular weight is 305 g/mol. The Morgan fingerprint density at radius 2 is 1.86 bits per heavy atom. The van der Waals surface area contributed by atoms with Gasteiger partial charge >= 0.3 is 0 Å². The maximum absolute atomic E-state index is 6.25. The van der Waals surface area contributed by atoms with Gasteiger partial charge in [0.1, 0.15) is 5.15 Å². The number of aromatic nitrogens is 2. The summed E-state index contributed by atoms with van der Waals surface area (Å²) >= 11 is 6.25. The molecule has 0 radical (unpaired) electrons. The molecule has 0 saturated carbocycles. The van der Waals surface area contributed by atoms with Gasteiger partial charge in [0.15, 0.2) is 0 Å². The van der Waals surface area contributed by atoms with Crippen LogP contribution in [-0.2, 0) is 13.6 Å². The van der Waals surface area contributed by atoms with Gasteiger partial charge in [0, 0.05) is 43.6 Å². The molecule has 2 aromatic rings. The second-order valence-electron chi connectivity index (χ2n) is 5.57. The number of hydrogen-bond donors (Lipinski definition) is 1. The van der Waals surface area contributed by atoms with Crippen LogP contribution in [0.1, 0.15) is 24.1 Å². The molecular formula is C16H21ClN4. The van der Waals surface area contributed by atoms with Gasteiger partial charge in [-0.1, -0.05) is 11.6 Å². The largest absolute Gasteiger partial charge is 0.381 e. The molecule has 1 aliphatic rings. The van der Waals surface area contributed by atoms with Crippen molar-refractivity contribution in [2.45, 2.75) is 26.3 Å². The SMILES string of the molecule is Cc1nn(C)c(Cl)c1CNc1ccc(N2CCCC2)cc1. The fourth-order valence-corrected chi connectivity index (χ4v) is 3.07. The highest BCUT2D eigenvalue weighted by Gasteiger charge is 2.13. The zero-order chi connectivity index (χ0) is 14.8. The molecule has 1 aromatic heterocycles. The number of rotatable bonds is 4. The van der Waals surface area contributed by atoms with Crippen LogP contribution in [0.25, 0.3) is 0 Å². The molecule has 1 saturated heterocycles. The van der Waals surface area contributed by atoms with Crippen LogP contribution in [0.15, 0.2) is 24.3 Å². The van der Waals surface area contributed by atoms with Gasteiger partial charge in [-0.25, -0.2) is 0 Å². The summed E-state index contributed by atoms with van der Waals surface area (Å²) < 4.78 is 1.71. The number of nitrogens with zero attached hydrogens (tertiary/aromatic N) is 3. The predicted molar refractivity (Wildman–Crippen MR) is 88.2 cm³/mol. The summed E-state index contributed by atoms with van der Waals surface area (Å²) in [5, 5.41) is 8.45. The Kier molecular flexibility index (Phi) is 4.06. The molecule has 0 spiro atoms. The Bertz CT molecular complexity index is 612. The number of aryl methyl sites for hydroxylation is 2. The van der Waals surface area contributed by atoms with Crippen LogP contribution >= 0.6 is 11.6 Å². The third-order valence-electron chi connectivity index (χ3n) is 4.08. The van der Waals surface area contributed by atoms with Crippen molar-refractivity contribution in [2.75, 3.05) is 23.3 Å². The van der Waals surface area contributed by atoms with Crippen LogP contribution in [-0.4, -0.2) is 22.9 Å². The zero-order valence-electron chi connectivity index (χ0n) is 12.6. The molecule has 1 N–H and O–H groups in total. The van der Waals surface area contributed by atoms with Crippen molar-refractivity contribution < 1.29 is 0 Å². The van der Waals surface area contributed by atoms with Gasteiger partial charge in [-0.3, -0.25) is 4.68 Å². The van der Waals surface area contributed by atoms with Crippen LogP contribution in [0.2, 0.25) is 5.15 Å². The van der Waals surface area contributed by atoms with E-state index in [9.17, 15) is 0 Å². The highest BCUT2D eigenvalue weighted by atomic mass is 35.5. The van der Waals surface area contributed by atoms with E-state index in [1.807, 2.05) is 14.0 Å². The number of anilines is 2. The van der Waals surface area contributed by atoms with Crippen LogP contribution in [0.5, 0.6) is 0 Å². The van der Waals surface area contributed by atoms with Gasteiger partial charge in [-0.05, 0) is 44.0 Å². The normalized spacial score (nSPS) is 14.7. The molecule has 1 aliphatic heterocycles. The summed E-state index contributed by atoms with van der Waals surface area (Å²) in [6, 6.07) is 8.64. The summed E-state index contributed by atoms with van der Waals surface area (Å²) in [5.74, 6) is 0. The Hall–Kier alpha value is -1.68. The van der Waals surface area contributed by atoms with Crippen molar-refractivity contribution in [1.82, 2.24) is 9.78 Å². The minimum absolute atomic E-state index is 0.696. The quantitative estimate of drug-likeness (QED) is 0.937. The fourth-order valence-electron chi connectivity index (χ4n) is 2.83. The fraction of sp³-hybridized carbons (Fsp3) is 0.438. The molecule has 112 valence electrons. The van der Waals surface area contributed by atoms with E-state index >= 15 is 0 Å². The molecule has 2 heterocycles. The molecule has 0 atom stereocenters. The second kappa shape index (κ2) is 5.98. The molecule has 21 heavy (non-hydrogen) atoms. The maximum atomic E-state index is 6.25. The van der Waals surface area contributed by atoms with Crippen molar-refractivity contribution in [1.29, 1.82) is 0 Å². The summed E-state index contributed by atoms with van der Waals surface area (Å²) in [6.07, 6.45) is 2.61. The van der Waals surface area contributed by atoms with Gasteiger partial charge in [-0.2, -0.15) is 5.10 Å². The number of nitrogens with one attached hydrogen (secondary N) is 1. The van der Waals surface area contributed by atoms with Gasteiger partial charge in [0.05, 0.1) is 5.69 Å². The lowest BCUT2D eigenvalue weighted by atomic mass is 10.2. The van der Waals surface area contributed by atoms with Crippen molar-refractivity contribution in [3.63, 3.8) is 0 Å². The van der Waals surface area contributed by atoms with E-state index < -0.39 is 0 Å². The number of benzene rings is 1. The van der Waals surface area contributed by atoms with Crippen LogP contribution < -0.4 is 10.2 Å². The molecule has 1 aromatic carbocycles. The lowest BCUT2D eigenvalue weighted by molar-refractivity contribution is 0.757. The van der Waals surface area contributed by atoms with E-state index in [1.54, 1.807) is 4.68 Å². The number of hydrogen-bond acceptors (Lipinski definition) is 3. The molecule has 0 aliphatic carbocycles. The molecule has 3 rings (SSSR count). The zero-order valence-corrected chi connectivity index (χ0v) is 13.3. The van der Waals surface area contributed by atoms with E-state index in [-0.39, 0.29) is 0 Å². The molecule has 1 fully saturated rings. The molecule has 0 unspecified atom stereocenters. The molecule has 5 heteroatoms. The molecule has 0 bridgehead atoms. The first-order chi connectivity index (χ1) is 10.1. The maximum Gasteiger partial charge on any atom is 0.131 e. The van der Waals surface area contributed by atoms with Crippen LogP contribution in [0, 0.1) is 6.92 Å². The second-order valence-corrected chi connectivity index (χ2v) is 5.93. The third kappa shape index (κ3) is 3.00. The van der Waals surface area contributed by atoms with E-state index in [4.69, 9.17) is 11.6 Å². The topological polar surface area (TPSA) is 33.1 Å². The van der Waals surface area contributed by atoms with E-state index in [0.717, 1.165) is 16.9 Å². The Labute approximate surface area is 130 Å². The van der Waals surface area contributed by atoms with Gasteiger partial charge < -0.3 is 10.2 Å². The molecule has 0 amide bonds. The van der Waals surface area contributed by atoms with Crippen LogP contribution in [0.4, 0.5) is 11.4 Å². The smallest absolute Gasteiger partial charge is 0.131 e. The van der Waals surface area contributed by atoms with Crippen molar-refractivity contribution in [2.24, 2.45) is 7.05 Å². The monoisotopic (exact) mass is 304 g/mol. The molecule has 4 nitrogen and oxygen atoms in total. The van der Waals surface area contributed by atoms with Crippen LogP contribution in [0.3, 0.4) is 0 Å². The van der Waals surface area contributed by atoms with Gasteiger partial charge in [0.25, 0.3) is 0 Å². The Morgan fingerprint density at radius 1 is 1.19 bits per heavy atom. The first-order valence-electron chi connectivity index (χ1n) is 7.42. The van der Waals surface area contributed by atoms with Crippen molar-refractivity contribution in [3.05, 3.63) is 40.7 Å². The summed E-state index contributed by atoms with van der Waals surface area (Å²) in [4.78, 5) is 2.44. The van der Waals surface area contributed by atoms with E-state index in [1.165, 1.54) is 31.6 Å². The Balaban J connectivity index is 1.65. The van der Waals surface area contributed by atoms with Gasteiger partial charge in [-0.15, -0.1) is 0 Å². The van der Waals surface area contributed by atoms with Crippen molar-refractivity contribution >= 4 is 23.0 Å². The Morgan fingerprint density at radius 3 is 2.43 bits per heavy atom. The average Bonchev–Trinajstić information content (AvgIpc) is 3.09. The van der Waals surface area contributed by atoms with E-state index in [2.05, 4.69) is 39.6 Å². The van der Waals surface area contributed by atoms with Crippen molar-refractivity contribution in [3.8, 4) is 0 Å². The first-order valence-corrected chi connectivity index (χ1v) is 7.80. The van der Waals surface area contributed by atoms with E-state index in [0.29, 0.717) is 11.7 Å². The number of halogens is 1. The third-order valence-corrected chi connectivity index (χ3v) is 4.55. The summed E-state index contributed by atoms with van der Waals surface area (Å²) in [6.45, 7) is 5.04. The lowest BCUT2D eigenvalue weighted by Gasteiger charge is -2.18. The summed E-state index contributed by atoms with van der Waals surface area (Å²) in [5.41, 5.74) is 4.46. The first kappa shape index (κ1) is 14.3. The molecular weight excluding hydrogens is 284 g/mol.